The molecule has 1 fully saturated rings. The molecule has 7 heteroatoms. The van der Waals surface area contributed by atoms with Crippen LogP contribution in [0, 0.1) is 0 Å². The number of methoxy groups -OCH3 is 1. The molecule has 0 amide bonds. The maximum atomic E-state index is 5.69. The van der Waals surface area contributed by atoms with Gasteiger partial charge in [-0.2, -0.15) is 0 Å². The summed E-state index contributed by atoms with van der Waals surface area (Å²) in [4.78, 5) is 6.76. The molecule has 0 bridgehead atoms. The quantitative estimate of drug-likeness (QED) is 0.242. The number of ether oxygens (including phenoxy) is 2. The van der Waals surface area contributed by atoms with Crippen LogP contribution in [0.15, 0.2) is 29.3 Å². The molecule has 2 rings (SSSR count). The SMILES string of the molecule is CCN(CCNC(=NC)NCCOc1ccc(OC)cc1)C1CC1.I. The average Bonchev–Trinajstić information content (AvgIpc) is 3.46. The monoisotopic (exact) mass is 462 g/mol. The molecule has 6 nitrogen and oxygen atoms in total. The van der Waals surface area contributed by atoms with Crippen molar-refractivity contribution in [1.29, 1.82) is 0 Å². The van der Waals surface area contributed by atoms with Gasteiger partial charge in [0.1, 0.15) is 18.1 Å². The van der Waals surface area contributed by atoms with Crippen LogP contribution in [-0.2, 0) is 0 Å². The van der Waals surface area contributed by atoms with Crippen LogP contribution in [0.3, 0.4) is 0 Å². The van der Waals surface area contributed by atoms with E-state index in [1.807, 2.05) is 24.3 Å². The summed E-state index contributed by atoms with van der Waals surface area (Å²) >= 11 is 0. The van der Waals surface area contributed by atoms with Gasteiger partial charge in [0, 0.05) is 26.2 Å². The zero-order chi connectivity index (χ0) is 17.2. The van der Waals surface area contributed by atoms with Crippen LogP contribution >= 0.6 is 24.0 Å². The van der Waals surface area contributed by atoms with Gasteiger partial charge in [-0.1, -0.05) is 6.92 Å². The van der Waals surface area contributed by atoms with Crippen molar-refractivity contribution in [3.8, 4) is 11.5 Å². The minimum absolute atomic E-state index is 0. The fourth-order valence-corrected chi connectivity index (χ4v) is 2.59. The van der Waals surface area contributed by atoms with E-state index >= 15 is 0 Å². The lowest BCUT2D eigenvalue weighted by Gasteiger charge is -2.20. The highest BCUT2D eigenvalue weighted by molar-refractivity contribution is 14.0. The Hall–Kier alpha value is -1.22. The van der Waals surface area contributed by atoms with Crippen molar-refractivity contribution in [3.05, 3.63) is 24.3 Å². The van der Waals surface area contributed by atoms with Gasteiger partial charge >= 0.3 is 0 Å². The van der Waals surface area contributed by atoms with E-state index < -0.39 is 0 Å². The van der Waals surface area contributed by atoms with Crippen molar-refractivity contribution in [1.82, 2.24) is 15.5 Å². The van der Waals surface area contributed by atoms with Crippen LogP contribution in [0.1, 0.15) is 19.8 Å². The lowest BCUT2D eigenvalue weighted by Crippen LogP contribution is -2.43. The first-order valence-electron chi connectivity index (χ1n) is 8.72. The van der Waals surface area contributed by atoms with E-state index in [0.29, 0.717) is 13.2 Å². The maximum absolute atomic E-state index is 5.69. The van der Waals surface area contributed by atoms with Crippen LogP contribution in [0.2, 0.25) is 0 Å². The van der Waals surface area contributed by atoms with Gasteiger partial charge in [0.15, 0.2) is 5.96 Å². The van der Waals surface area contributed by atoms with E-state index in [2.05, 4.69) is 27.4 Å². The molecule has 0 aromatic heterocycles. The van der Waals surface area contributed by atoms with Crippen LogP contribution in [0.25, 0.3) is 0 Å². The Balaban J connectivity index is 0.00000312. The van der Waals surface area contributed by atoms with Crippen molar-refractivity contribution in [2.24, 2.45) is 4.99 Å². The molecule has 1 aromatic carbocycles. The topological polar surface area (TPSA) is 58.1 Å². The number of hydrogen-bond acceptors (Lipinski definition) is 4. The lowest BCUT2D eigenvalue weighted by atomic mass is 10.3. The Morgan fingerprint density at radius 3 is 2.36 bits per heavy atom. The smallest absolute Gasteiger partial charge is 0.191 e. The third kappa shape index (κ3) is 8.13. The van der Waals surface area contributed by atoms with Crippen molar-refractivity contribution in [2.45, 2.75) is 25.8 Å². The molecule has 142 valence electrons. The minimum atomic E-state index is 0. The highest BCUT2D eigenvalue weighted by Gasteiger charge is 2.27. The molecule has 1 aliphatic rings. The van der Waals surface area contributed by atoms with Crippen LogP contribution < -0.4 is 20.1 Å². The van der Waals surface area contributed by atoms with Gasteiger partial charge in [-0.05, 0) is 43.7 Å². The largest absolute Gasteiger partial charge is 0.497 e. The van der Waals surface area contributed by atoms with Gasteiger partial charge < -0.3 is 20.1 Å². The second kappa shape index (κ2) is 12.2. The van der Waals surface area contributed by atoms with Crippen molar-refractivity contribution in [3.63, 3.8) is 0 Å². The summed E-state index contributed by atoms with van der Waals surface area (Å²) < 4.78 is 10.8. The molecule has 0 aliphatic heterocycles. The first-order valence-corrected chi connectivity index (χ1v) is 8.72. The highest BCUT2D eigenvalue weighted by Crippen LogP contribution is 2.25. The second-order valence-electron chi connectivity index (χ2n) is 5.81. The van der Waals surface area contributed by atoms with E-state index in [-0.39, 0.29) is 24.0 Å². The summed E-state index contributed by atoms with van der Waals surface area (Å²) in [6, 6.07) is 8.40. The van der Waals surface area contributed by atoms with Crippen LogP contribution in [0.4, 0.5) is 0 Å². The van der Waals surface area contributed by atoms with E-state index in [4.69, 9.17) is 9.47 Å². The molecule has 0 saturated heterocycles. The maximum Gasteiger partial charge on any atom is 0.191 e. The van der Waals surface area contributed by atoms with E-state index in [9.17, 15) is 0 Å². The standard InChI is InChI=1S/C18H30N4O2.HI/c1-4-22(15-5-6-15)13-11-20-18(19-2)21-12-14-24-17-9-7-16(23-3)8-10-17;/h7-10,15H,4-6,11-14H2,1-3H3,(H2,19,20,21);1H. The highest BCUT2D eigenvalue weighted by atomic mass is 127. The number of guanidine groups is 1. The Morgan fingerprint density at radius 1 is 1.16 bits per heavy atom. The molecular formula is C18H31IN4O2. The third-order valence-corrected chi connectivity index (χ3v) is 4.11. The number of halogens is 1. The van der Waals surface area contributed by atoms with Gasteiger partial charge in [0.2, 0.25) is 0 Å². The molecule has 0 spiro atoms. The molecule has 1 aliphatic carbocycles. The first kappa shape index (κ1) is 21.8. The normalized spacial score (nSPS) is 14.0. The number of nitrogens with zero attached hydrogens (tertiary/aromatic N) is 2. The second-order valence-corrected chi connectivity index (χ2v) is 5.81. The van der Waals surface area contributed by atoms with Gasteiger partial charge in [0.05, 0.1) is 13.7 Å². The summed E-state index contributed by atoms with van der Waals surface area (Å²) in [5, 5.41) is 6.63. The average molecular weight is 462 g/mol. The Kier molecular flexibility index (Phi) is 10.6. The number of benzene rings is 1. The van der Waals surface area contributed by atoms with E-state index in [1.165, 1.54) is 12.8 Å². The summed E-state index contributed by atoms with van der Waals surface area (Å²) in [6.45, 7) is 6.59. The first-order chi connectivity index (χ1) is 11.8. The summed E-state index contributed by atoms with van der Waals surface area (Å²) in [5.41, 5.74) is 0. The molecule has 25 heavy (non-hydrogen) atoms. The third-order valence-electron chi connectivity index (χ3n) is 4.11. The van der Waals surface area contributed by atoms with Crippen LogP contribution in [0.5, 0.6) is 11.5 Å². The number of rotatable bonds is 10. The lowest BCUT2D eigenvalue weighted by molar-refractivity contribution is 0.281. The Morgan fingerprint density at radius 2 is 1.80 bits per heavy atom. The van der Waals surface area contributed by atoms with Gasteiger partial charge in [0.25, 0.3) is 0 Å². The van der Waals surface area contributed by atoms with Crippen LogP contribution in [-0.4, -0.2) is 63.8 Å². The zero-order valence-electron chi connectivity index (χ0n) is 15.5. The molecule has 0 radical (unpaired) electrons. The van der Waals surface area contributed by atoms with Gasteiger partial charge in [-0.15, -0.1) is 24.0 Å². The molecule has 1 saturated carbocycles. The zero-order valence-corrected chi connectivity index (χ0v) is 17.8. The number of hydrogen-bond donors (Lipinski definition) is 2. The van der Waals surface area contributed by atoms with E-state index in [1.54, 1.807) is 14.2 Å². The fraction of sp³-hybridized carbons (Fsp3) is 0.611. The van der Waals surface area contributed by atoms with Crippen molar-refractivity contribution < 1.29 is 9.47 Å². The summed E-state index contributed by atoms with van der Waals surface area (Å²) in [7, 11) is 3.45. The summed E-state index contributed by atoms with van der Waals surface area (Å²) in [5.74, 6) is 2.49. The molecule has 1 aromatic rings. The molecule has 0 heterocycles. The van der Waals surface area contributed by atoms with Crippen molar-refractivity contribution in [2.75, 3.05) is 46.9 Å². The van der Waals surface area contributed by atoms with E-state index in [0.717, 1.165) is 43.1 Å². The molecule has 0 atom stereocenters. The molecule has 0 unspecified atom stereocenters. The van der Waals surface area contributed by atoms with Gasteiger partial charge in [-0.25, -0.2) is 0 Å². The predicted octanol–water partition coefficient (Wildman–Crippen LogP) is 2.34. The predicted molar refractivity (Wildman–Crippen MR) is 114 cm³/mol. The van der Waals surface area contributed by atoms with Crippen molar-refractivity contribution >= 4 is 29.9 Å². The number of aliphatic imine (C=N–C) groups is 1. The number of likely N-dealkylation sites (N-methyl/N-ethyl adjacent to an activating group) is 1. The number of nitrogens with one attached hydrogen (secondary N) is 2. The minimum Gasteiger partial charge on any atom is -0.497 e. The molecular weight excluding hydrogens is 431 g/mol. The Bertz CT molecular complexity index is 506. The Labute approximate surface area is 168 Å². The van der Waals surface area contributed by atoms with Gasteiger partial charge in [-0.3, -0.25) is 9.89 Å². The molecule has 2 N–H and O–H groups in total. The fourth-order valence-electron chi connectivity index (χ4n) is 2.59. The summed E-state index contributed by atoms with van der Waals surface area (Å²) in [6.07, 6.45) is 2.70.